The van der Waals surface area contributed by atoms with Crippen molar-refractivity contribution in [1.82, 2.24) is 19.6 Å². The number of likely N-dealkylation sites (N-methyl/N-ethyl adjacent to an activating group) is 1. The lowest BCUT2D eigenvalue weighted by atomic mass is 10.1. The highest BCUT2D eigenvalue weighted by Crippen LogP contribution is 2.26. The summed E-state index contributed by atoms with van der Waals surface area (Å²) in [5.74, 6) is -1.43. The van der Waals surface area contributed by atoms with Crippen LogP contribution in [0.5, 0.6) is 0 Å². The van der Waals surface area contributed by atoms with Crippen molar-refractivity contribution in [3.63, 3.8) is 0 Å². The van der Waals surface area contributed by atoms with Gasteiger partial charge in [0.15, 0.2) is 5.69 Å². The highest BCUT2D eigenvalue weighted by atomic mass is 35.5. The van der Waals surface area contributed by atoms with Crippen LogP contribution in [-0.4, -0.2) is 69.3 Å². The predicted molar refractivity (Wildman–Crippen MR) is 77.5 cm³/mol. The van der Waals surface area contributed by atoms with Crippen molar-refractivity contribution in [3.8, 4) is 0 Å². The molecule has 0 bridgehead atoms. The summed E-state index contributed by atoms with van der Waals surface area (Å²) in [6, 6.07) is -0.832. The number of likely N-dealkylation sites (tertiary alicyclic amines) is 1. The molecule has 1 aromatic heterocycles. The van der Waals surface area contributed by atoms with Gasteiger partial charge in [0.1, 0.15) is 6.04 Å². The Bertz CT molecular complexity index is 584. The molecule has 0 unspecified atom stereocenters. The zero-order valence-electron chi connectivity index (χ0n) is 12.5. The van der Waals surface area contributed by atoms with Crippen molar-refractivity contribution >= 4 is 23.5 Å². The van der Waals surface area contributed by atoms with Crippen LogP contribution in [0, 0.1) is 6.92 Å². The standard InChI is InChI=1S/C13H19ClN4O3/c1-7-10(14)11(15-17(7)4)12(19)18-6-8(16(2)3)5-9(18)13(20)21/h8-9H,5-6H2,1-4H3,(H,20,21)/t8-,9+/m1/s1. The number of aliphatic carboxylic acids is 1. The lowest BCUT2D eigenvalue weighted by molar-refractivity contribution is -0.141. The monoisotopic (exact) mass is 314 g/mol. The van der Waals surface area contributed by atoms with Gasteiger partial charge in [-0.1, -0.05) is 11.6 Å². The van der Waals surface area contributed by atoms with Gasteiger partial charge in [-0.3, -0.25) is 9.48 Å². The van der Waals surface area contributed by atoms with E-state index in [1.807, 2.05) is 19.0 Å². The number of hydrogen-bond acceptors (Lipinski definition) is 4. The predicted octanol–water partition coefficient (Wildman–Crippen LogP) is 0.611. The van der Waals surface area contributed by atoms with Crippen LogP contribution < -0.4 is 0 Å². The highest BCUT2D eigenvalue weighted by Gasteiger charge is 2.42. The molecular weight excluding hydrogens is 296 g/mol. The summed E-state index contributed by atoms with van der Waals surface area (Å²) >= 11 is 6.12. The second-order valence-electron chi connectivity index (χ2n) is 5.54. The van der Waals surface area contributed by atoms with Gasteiger partial charge in [0.25, 0.3) is 5.91 Å². The van der Waals surface area contributed by atoms with E-state index < -0.39 is 17.9 Å². The van der Waals surface area contributed by atoms with E-state index in [0.29, 0.717) is 18.7 Å². The van der Waals surface area contributed by atoms with Crippen LogP contribution in [0.2, 0.25) is 5.02 Å². The van der Waals surface area contributed by atoms with Crippen molar-refractivity contribution < 1.29 is 14.7 Å². The zero-order valence-corrected chi connectivity index (χ0v) is 13.3. The average Bonchev–Trinajstić information content (AvgIpc) is 2.96. The third-order valence-corrected chi connectivity index (χ3v) is 4.47. The number of carboxylic acids is 1. The molecule has 1 aromatic rings. The maximum Gasteiger partial charge on any atom is 0.326 e. The first-order valence-electron chi connectivity index (χ1n) is 6.63. The Kier molecular flexibility index (Phi) is 4.25. The SMILES string of the molecule is Cc1c(Cl)c(C(=O)N2C[C@H](N(C)C)C[C@H]2C(=O)O)nn1C. The van der Waals surface area contributed by atoms with E-state index in [1.54, 1.807) is 14.0 Å². The molecule has 2 atom stereocenters. The Morgan fingerprint density at radius 2 is 2.05 bits per heavy atom. The molecule has 1 aliphatic heterocycles. The van der Waals surface area contributed by atoms with E-state index in [9.17, 15) is 14.7 Å². The van der Waals surface area contributed by atoms with E-state index in [0.717, 1.165) is 0 Å². The average molecular weight is 315 g/mol. The second kappa shape index (κ2) is 5.65. The van der Waals surface area contributed by atoms with E-state index in [-0.39, 0.29) is 16.8 Å². The van der Waals surface area contributed by atoms with E-state index in [2.05, 4.69) is 5.10 Å². The fourth-order valence-electron chi connectivity index (χ4n) is 2.50. The van der Waals surface area contributed by atoms with Crippen LogP contribution in [0.4, 0.5) is 0 Å². The number of rotatable bonds is 3. The Morgan fingerprint density at radius 3 is 2.48 bits per heavy atom. The van der Waals surface area contributed by atoms with Gasteiger partial charge in [-0.2, -0.15) is 5.10 Å². The maximum atomic E-state index is 12.6. The smallest absolute Gasteiger partial charge is 0.326 e. The number of carbonyl (C=O) groups is 2. The van der Waals surface area contributed by atoms with Crippen molar-refractivity contribution in [2.45, 2.75) is 25.4 Å². The lowest BCUT2D eigenvalue weighted by Crippen LogP contribution is -2.41. The highest BCUT2D eigenvalue weighted by molar-refractivity contribution is 6.34. The van der Waals surface area contributed by atoms with Gasteiger partial charge >= 0.3 is 5.97 Å². The molecule has 1 fully saturated rings. The number of nitrogens with zero attached hydrogens (tertiary/aromatic N) is 4. The van der Waals surface area contributed by atoms with E-state index >= 15 is 0 Å². The molecule has 8 heteroatoms. The van der Waals surface area contributed by atoms with Crippen LogP contribution in [0.1, 0.15) is 22.6 Å². The summed E-state index contributed by atoms with van der Waals surface area (Å²) in [4.78, 5) is 27.3. The normalized spacial score (nSPS) is 22.1. The topological polar surface area (TPSA) is 78.7 Å². The molecule has 0 spiro atoms. The van der Waals surface area contributed by atoms with Crippen molar-refractivity contribution in [1.29, 1.82) is 0 Å². The first-order valence-corrected chi connectivity index (χ1v) is 7.01. The van der Waals surface area contributed by atoms with Crippen molar-refractivity contribution in [3.05, 3.63) is 16.4 Å². The van der Waals surface area contributed by atoms with Crippen LogP contribution in [-0.2, 0) is 11.8 Å². The molecule has 0 radical (unpaired) electrons. The molecule has 0 aliphatic carbocycles. The third-order valence-electron chi connectivity index (χ3n) is 4.02. The fourth-order valence-corrected chi connectivity index (χ4v) is 2.74. The second-order valence-corrected chi connectivity index (χ2v) is 5.91. The van der Waals surface area contributed by atoms with Gasteiger partial charge in [-0.05, 0) is 27.4 Å². The first kappa shape index (κ1) is 15.8. The molecule has 7 nitrogen and oxygen atoms in total. The molecule has 1 N–H and O–H groups in total. The molecule has 116 valence electrons. The van der Waals surface area contributed by atoms with Crippen LogP contribution >= 0.6 is 11.6 Å². The summed E-state index contributed by atoms with van der Waals surface area (Å²) in [6.45, 7) is 2.11. The Labute approximate surface area is 128 Å². The van der Waals surface area contributed by atoms with Gasteiger partial charge in [-0.15, -0.1) is 0 Å². The minimum absolute atomic E-state index is 0.0126. The molecule has 1 aliphatic rings. The van der Waals surface area contributed by atoms with Crippen molar-refractivity contribution in [2.75, 3.05) is 20.6 Å². The molecule has 2 heterocycles. The van der Waals surface area contributed by atoms with Gasteiger partial charge < -0.3 is 14.9 Å². The van der Waals surface area contributed by atoms with Crippen molar-refractivity contribution in [2.24, 2.45) is 7.05 Å². The summed E-state index contributed by atoms with van der Waals surface area (Å²) < 4.78 is 1.52. The Balaban J connectivity index is 2.32. The summed E-state index contributed by atoms with van der Waals surface area (Å²) in [5, 5.41) is 13.7. The van der Waals surface area contributed by atoms with E-state index in [1.165, 1.54) is 9.58 Å². The minimum atomic E-state index is -1.00. The molecular formula is C13H19ClN4O3. The van der Waals surface area contributed by atoms with Crippen LogP contribution in [0.3, 0.4) is 0 Å². The quantitative estimate of drug-likeness (QED) is 0.884. The summed E-state index contributed by atoms with van der Waals surface area (Å²) in [6.07, 6.45) is 0.400. The minimum Gasteiger partial charge on any atom is -0.480 e. The zero-order chi connectivity index (χ0) is 15.9. The number of carbonyl (C=O) groups excluding carboxylic acids is 1. The fraction of sp³-hybridized carbons (Fsp3) is 0.615. The van der Waals surface area contributed by atoms with Gasteiger partial charge in [-0.25, -0.2) is 4.79 Å². The number of hydrogen-bond donors (Lipinski definition) is 1. The molecule has 0 saturated carbocycles. The molecule has 2 rings (SSSR count). The molecule has 1 saturated heterocycles. The molecule has 1 amide bonds. The summed E-state index contributed by atoms with van der Waals surface area (Å²) in [5.41, 5.74) is 0.789. The van der Waals surface area contributed by atoms with Gasteiger partial charge in [0.05, 0.1) is 10.7 Å². The maximum absolute atomic E-state index is 12.6. The number of amides is 1. The van der Waals surface area contributed by atoms with E-state index in [4.69, 9.17) is 11.6 Å². The Hall–Kier alpha value is -1.60. The number of aryl methyl sites for hydroxylation is 1. The number of halogens is 1. The summed E-state index contributed by atoms with van der Waals surface area (Å²) in [7, 11) is 5.43. The van der Waals surface area contributed by atoms with Crippen LogP contribution in [0.25, 0.3) is 0 Å². The first-order chi connectivity index (χ1) is 9.73. The number of carboxylic acid groups (broad SMARTS) is 1. The molecule has 0 aromatic carbocycles. The largest absolute Gasteiger partial charge is 0.480 e. The van der Waals surface area contributed by atoms with Gasteiger partial charge in [0, 0.05) is 19.6 Å². The molecule has 21 heavy (non-hydrogen) atoms. The van der Waals surface area contributed by atoms with Gasteiger partial charge in [0.2, 0.25) is 0 Å². The third kappa shape index (κ3) is 2.75. The number of aromatic nitrogens is 2. The Morgan fingerprint density at radius 1 is 1.43 bits per heavy atom. The lowest BCUT2D eigenvalue weighted by Gasteiger charge is -2.21. The van der Waals surface area contributed by atoms with Crippen LogP contribution in [0.15, 0.2) is 0 Å².